The number of carbonyl (C=O) groups is 1. The fraction of sp³-hybridized carbons (Fsp3) is 0.400. The van der Waals surface area contributed by atoms with Crippen molar-refractivity contribution in [2.75, 3.05) is 12.3 Å². The molecule has 2 fully saturated rings. The quantitative estimate of drug-likeness (QED) is 0.203. The number of carbonyl (C=O) groups excluding carboxylic acids is 1. The largest absolute Gasteiger partial charge is 0.487 e. The van der Waals surface area contributed by atoms with Crippen molar-refractivity contribution in [1.82, 2.24) is 9.88 Å². The van der Waals surface area contributed by atoms with Crippen molar-refractivity contribution in [3.05, 3.63) is 87.7 Å². The topological polar surface area (TPSA) is 60.9 Å². The Morgan fingerprint density at radius 3 is 2.49 bits per heavy atom. The maximum Gasteiger partial charge on any atom is 0.387 e. The van der Waals surface area contributed by atoms with E-state index in [4.69, 9.17) is 37.4 Å². The van der Waals surface area contributed by atoms with Crippen LogP contribution in [0.1, 0.15) is 48.5 Å². The third-order valence-corrected chi connectivity index (χ3v) is 9.04. The van der Waals surface area contributed by atoms with Crippen LogP contribution in [0.3, 0.4) is 0 Å². The second-order valence-corrected chi connectivity index (χ2v) is 12.0. The molecule has 1 aliphatic carbocycles. The van der Waals surface area contributed by atoms with Crippen LogP contribution in [0, 0.1) is 0 Å². The van der Waals surface area contributed by atoms with Gasteiger partial charge in [-0.05, 0) is 54.5 Å². The summed E-state index contributed by atoms with van der Waals surface area (Å²) in [6, 6.07) is 14.6. The molecule has 5 rings (SSSR count). The van der Waals surface area contributed by atoms with E-state index in [9.17, 15) is 13.6 Å². The SMILES string of the molecule is O=C(O[C@@H](Cc1c(Cl)cncc1Cl)c1ccc(OC(F)F)c(OC2CCCC2)c1)[C@@H]1SCCN1Cc1ccccc1. The van der Waals surface area contributed by atoms with Crippen LogP contribution in [0.2, 0.25) is 10.0 Å². The Hall–Kier alpha value is -2.59. The minimum atomic E-state index is -3.01. The van der Waals surface area contributed by atoms with Crippen LogP contribution < -0.4 is 9.47 Å². The first-order valence-electron chi connectivity index (χ1n) is 13.5. The number of pyridine rings is 1. The molecule has 1 aromatic heterocycles. The predicted molar refractivity (Wildman–Crippen MR) is 156 cm³/mol. The molecule has 6 nitrogen and oxygen atoms in total. The van der Waals surface area contributed by atoms with Crippen molar-refractivity contribution in [2.45, 2.75) is 62.8 Å². The van der Waals surface area contributed by atoms with Gasteiger partial charge in [0.1, 0.15) is 6.10 Å². The zero-order valence-electron chi connectivity index (χ0n) is 22.2. The van der Waals surface area contributed by atoms with Crippen LogP contribution in [0.5, 0.6) is 11.5 Å². The van der Waals surface area contributed by atoms with E-state index in [1.165, 1.54) is 30.2 Å². The van der Waals surface area contributed by atoms with E-state index in [-0.39, 0.29) is 24.0 Å². The van der Waals surface area contributed by atoms with Gasteiger partial charge in [-0.15, -0.1) is 11.8 Å². The lowest BCUT2D eigenvalue weighted by Gasteiger charge is -2.26. The number of ether oxygens (including phenoxy) is 3. The molecule has 3 aromatic rings. The highest BCUT2D eigenvalue weighted by Gasteiger charge is 2.35. The summed E-state index contributed by atoms with van der Waals surface area (Å²) in [7, 11) is 0. The number of halogens is 4. The summed E-state index contributed by atoms with van der Waals surface area (Å²) in [4.78, 5) is 19.8. The molecule has 1 aliphatic heterocycles. The van der Waals surface area contributed by atoms with Crippen LogP contribution in [-0.4, -0.2) is 46.2 Å². The van der Waals surface area contributed by atoms with Gasteiger partial charge in [0, 0.05) is 37.7 Å². The number of benzene rings is 2. The Labute approximate surface area is 252 Å². The molecule has 0 bridgehead atoms. The monoisotopic (exact) mass is 622 g/mol. The second-order valence-electron chi connectivity index (χ2n) is 10.00. The number of nitrogens with zero attached hydrogens (tertiary/aromatic N) is 2. The van der Waals surface area contributed by atoms with Gasteiger partial charge in [0.15, 0.2) is 16.9 Å². The highest BCUT2D eigenvalue weighted by atomic mass is 35.5. The number of hydrogen-bond donors (Lipinski definition) is 0. The average Bonchev–Trinajstić information content (AvgIpc) is 3.64. The molecule has 1 saturated heterocycles. The van der Waals surface area contributed by atoms with Gasteiger partial charge in [-0.25, -0.2) is 4.79 Å². The lowest BCUT2D eigenvalue weighted by atomic mass is 10.0. The predicted octanol–water partition coefficient (Wildman–Crippen LogP) is 7.71. The van der Waals surface area contributed by atoms with Crippen LogP contribution >= 0.6 is 35.0 Å². The Morgan fingerprint density at radius 2 is 1.78 bits per heavy atom. The maximum absolute atomic E-state index is 13.6. The van der Waals surface area contributed by atoms with Crippen LogP contribution in [0.4, 0.5) is 8.78 Å². The van der Waals surface area contributed by atoms with Crippen LogP contribution in [0.15, 0.2) is 60.9 Å². The summed E-state index contributed by atoms with van der Waals surface area (Å²) >= 11 is 14.4. The first kappa shape index (κ1) is 29.9. The fourth-order valence-electron chi connectivity index (χ4n) is 5.14. The summed E-state index contributed by atoms with van der Waals surface area (Å²) in [6.07, 6.45) is 5.85. The highest BCUT2D eigenvalue weighted by Crippen LogP contribution is 2.39. The minimum absolute atomic E-state index is 0.0684. The minimum Gasteiger partial charge on any atom is -0.487 e. The number of esters is 1. The zero-order valence-corrected chi connectivity index (χ0v) is 24.5. The van der Waals surface area contributed by atoms with Crippen LogP contribution in [0.25, 0.3) is 0 Å². The Kier molecular flexibility index (Phi) is 10.2. The molecule has 0 amide bonds. The van der Waals surface area contributed by atoms with E-state index < -0.39 is 24.1 Å². The van der Waals surface area contributed by atoms with Crippen molar-refractivity contribution < 1.29 is 27.8 Å². The molecule has 0 N–H and O–H groups in total. The van der Waals surface area contributed by atoms with Gasteiger partial charge in [0.25, 0.3) is 0 Å². The van der Waals surface area contributed by atoms with Crippen molar-refractivity contribution in [3.63, 3.8) is 0 Å². The summed E-state index contributed by atoms with van der Waals surface area (Å²) in [5.74, 6) is 0.504. The first-order valence-corrected chi connectivity index (χ1v) is 15.3. The van der Waals surface area contributed by atoms with Gasteiger partial charge in [-0.3, -0.25) is 9.88 Å². The van der Waals surface area contributed by atoms with E-state index in [1.54, 1.807) is 12.1 Å². The van der Waals surface area contributed by atoms with Gasteiger partial charge in [0.2, 0.25) is 0 Å². The molecule has 0 spiro atoms. The molecule has 2 heterocycles. The number of aromatic nitrogens is 1. The van der Waals surface area contributed by atoms with Crippen molar-refractivity contribution in [3.8, 4) is 11.5 Å². The zero-order chi connectivity index (χ0) is 28.8. The summed E-state index contributed by atoms with van der Waals surface area (Å²) in [5.41, 5.74) is 2.21. The van der Waals surface area contributed by atoms with E-state index >= 15 is 0 Å². The molecule has 41 heavy (non-hydrogen) atoms. The summed E-state index contributed by atoms with van der Waals surface area (Å²) in [6.45, 7) is -1.66. The summed E-state index contributed by atoms with van der Waals surface area (Å²) in [5, 5.41) is 0.163. The molecular weight excluding hydrogens is 593 g/mol. The van der Waals surface area contributed by atoms with Crippen molar-refractivity contribution >= 4 is 40.9 Å². The van der Waals surface area contributed by atoms with E-state index in [2.05, 4.69) is 9.88 Å². The van der Waals surface area contributed by atoms with Gasteiger partial charge in [0.05, 0.1) is 16.1 Å². The van der Waals surface area contributed by atoms with Gasteiger partial charge < -0.3 is 14.2 Å². The molecular formula is C30H30Cl2F2N2O4S. The molecule has 2 aromatic carbocycles. The second kappa shape index (κ2) is 14.1. The molecule has 1 saturated carbocycles. The number of hydrogen-bond acceptors (Lipinski definition) is 7. The standard InChI is InChI=1S/C30H30Cl2F2N2O4S/c31-23-16-35-17-24(32)22(23)15-26(39-29(37)28-36(12-13-41-28)18-19-6-2-1-3-7-19)20-10-11-25(40-30(33)34)27(14-20)38-21-8-4-5-9-21/h1-3,6-7,10-11,14,16-17,21,26,28,30H,4-5,8-9,12-13,15,18H2/t26-,28-/m0/s1. The Bertz CT molecular complexity index is 1310. The van der Waals surface area contributed by atoms with E-state index in [0.29, 0.717) is 27.7 Å². The van der Waals surface area contributed by atoms with Gasteiger partial charge in [-0.1, -0.05) is 59.6 Å². The number of rotatable bonds is 11. The van der Waals surface area contributed by atoms with Crippen LogP contribution in [-0.2, 0) is 22.5 Å². The molecule has 0 radical (unpaired) electrons. The number of thioether (sulfide) groups is 1. The molecule has 0 unspecified atom stereocenters. The Morgan fingerprint density at radius 1 is 1.05 bits per heavy atom. The molecule has 218 valence electrons. The van der Waals surface area contributed by atoms with Gasteiger partial charge >= 0.3 is 12.6 Å². The maximum atomic E-state index is 13.6. The van der Waals surface area contributed by atoms with Crippen molar-refractivity contribution in [2.24, 2.45) is 0 Å². The fourth-order valence-corrected chi connectivity index (χ4v) is 6.81. The third-order valence-electron chi connectivity index (χ3n) is 7.17. The third kappa shape index (κ3) is 7.83. The lowest BCUT2D eigenvalue weighted by Crippen LogP contribution is -2.36. The molecule has 11 heteroatoms. The normalized spacial score (nSPS) is 18.5. The smallest absolute Gasteiger partial charge is 0.387 e. The van der Waals surface area contributed by atoms with Gasteiger partial charge in [-0.2, -0.15) is 8.78 Å². The van der Waals surface area contributed by atoms with E-state index in [0.717, 1.165) is 43.5 Å². The molecule has 2 atom stereocenters. The highest BCUT2D eigenvalue weighted by molar-refractivity contribution is 8.00. The first-order chi connectivity index (χ1) is 19.9. The summed E-state index contributed by atoms with van der Waals surface area (Å²) < 4.78 is 43.4. The molecule has 2 aliphatic rings. The van der Waals surface area contributed by atoms with Crippen molar-refractivity contribution in [1.29, 1.82) is 0 Å². The Balaban J connectivity index is 1.43. The average molecular weight is 624 g/mol. The lowest BCUT2D eigenvalue weighted by molar-refractivity contribution is -0.152. The number of alkyl halides is 2. The van der Waals surface area contributed by atoms with E-state index in [1.807, 2.05) is 30.3 Å².